The van der Waals surface area contributed by atoms with Crippen molar-refractivity contribution in [3.63, 3.8) is 0 Å². The smallest absolute Gasteiger partial charge is 0.410 e. The first-order chi connectivity index (χ1) is 17.6. The first-order valence-corrected chi connectivity index (χ1v) is 14.8. The van der Waals surface area contributed by atoms with Crippen LogP contribution in [0.2, 0.25) is 0 Å². The minimum absolute atomic E-state index is 0.146. The summed E-state index contributed by atoms with van der Waals surface area (Å²) in [4.78, 5) is 20.1. The Balaban J connectivity index is 1.26. The number of carbonyl (C=O) groups excluding carboxylic acids is 1. The minimum atomic E-state index is -0.429. The molecule has 3 saturated heterocycles. The van der Waals surface area contributed by atoms with Crippen molar-refractivity contribution in [1.82, 2.24) is 14.7 Å². The highest BCUT2D eigenvalue weighted by Gasteiger charge is 2.50. The molecule has 4 aliphatic rings. The number of carbonyl (C=O) groups is 1. The molecule has 1 aromatic carbocycles. The molecule has 6 nitrogen and oxygen atoms in total. The molecule has 1 aromatic rings. The van der Waals surface area contributed by atoms with Crippen molar-refractivity contribution in [2.24, 2.45) is 5.41 Å². The lowest BCUT2D eigenvalue weighted by atomic mass is 9.59. The highest BCUT2D eigenvalue weighted by Crippen LogP contribution is 2.53. The van der Waals surface area contributed by atoms with Gasteiger partial charge in [-0.1, -0.05) is 38.1 Å². The summed E-state index contributed by atoms with van der Waals surface area (Å²) in [6.45, 7) is 17.4. The second kappa shape index (κ2) is 10.9. The summed E-state index contributed by atoms with van der Waals surface area (Å²) in [5.41, 5.74) is 3.02. The predicted octanol–water partition coefficient (Wildman–Crippen LogP) is 5.83. The maximum absolute atomic E-state index is 12.6. The number of nitrogens with zero attached hydrogens (tertiary/aromatic N) is 3. The number of amides is 1. The van der Waals surface area contributed by atoms with Crippen LogP contribution in [-0.4, -0.2) is 84.4 Å². The van der Waals surface area contributed by atoms with E-state index >= 15 is 0 Å². The van der Waals surface area contributed by atoms with Crippen molar-refractivity contribution in [2.45, 2.75) is 103 Å². The Bertz CT molecular complexity index is 920. The molecule has 206 valence electrons. The van der Waals surface area contributed by atoms with Gasteiger partial charge in [0.25, 0.3) is 0 Å². The molecule has 1 spiro atoms. The maximum atomic E-state index is 12.6. The molecular formula is C31H49N3O3. The molecule has 0 bridgehead atoms. The van der Waals surface area contributed by atoms with Crippen LogP contribution in [0.1, 0.15) is 96.2 Å². The zero-order chi connectivity index (χ0) is 26.2. The van der Waals surface area contributed by atoms with Crippen LogP contribution in [0.15, 0.2) is 24.3 Å². The van der Waals surface area contributed by atoms with E-state index in [-0.39, 0.29) is 6.09 Å². The van der Waals surface area contributed by atoms with E-state index in [1.165, 1.54) is 43.4 Å². The van der Waals surface area contributed by atoms with Gasteiger partial charge in [0.15, 0.2) is 0 Å². The van der Waals surface area contributed by atoms with E-state index in [1.54, 1.807) is 0 Å². The van der Waals surface area contributed by atoms with Crippen molar-refractivity contribution in [3.05, 3.63) is 35.4 Å². The Kier molecular flexibility index (Phi) is 7.91. The normalized spacial score (nSPS) is 26.4. The number of hydrogen-bond acceptors (Lipinski definition) is 5. The van der Waals surface area contributed by atoms with Gasteiger partial charge >= 0.3 is 6.09 Å². The molecule has 6 heteroatoms. The van der Waals surface area contributed by atoms with E-state index in [0.29, 0.717) is 29.5 Å². The van der Waals surface area contributed by atoms with E-state index in [0.717, 1.165) is 52.2 Å². The van der Waals surface area contributed by atoms with Crippen LogP contribution in [0.4, 0.5) is 4.79 Å². The lowest BCUT2D eigenvalue weighted by Gasteiger charge is -2.58. The number of ether oxygens (including phenoxy) is 2. The van der Waals surface area contributed by atoms with E-state index in [2.05, 4.69) is 47.9 Å². The van der Waals surface area contributed by atoms with E-state index in [1.807, 2.05) is 25.7 Å². The maximum Gasteiger partial charge on any atom is 0.410 e. The van der Waals surface area contributed by atoms with Crippen molar-refractivity contribution in [3.8, 4) is 0 Å². The van der Waals surface area contributed by atoms with Gasteiger partial charge in [-0.3, -0.25) is 9.80 Å². The molecule has 0 radical (unpaired) electrons. The van der Waals surface area contributed by atoms with Crippen LogP contribution in [0.3, 0.4) is 0 Å². The molecule has 37 heavy (non-hydrogen) atoms. The van der Waals surface area contributed by atoms with Gasteiger partial charge in [-0.15, -0.1) is 0 Å². The highest BCUT2D eigenvalue weighted by molar-refractivity contribution is 5.68. The SMILES string of the molecule is CC(C)c1ccccc1C1CN(C2CCOCC2)CCN1C1CC2(CCN(C(=O)OC(C)(C)C)CC2)C1. The van der Waals surface area contributed by atoms with Gasteiger partial charge in [0.1, 0.15) is 5.60 Å². The Hall–Kier alpha value is -1.63. The number of rotatable bonds is 4. The molecule has 4 fully saturated rings. The number of hydrogen-bond donors (Lipinski definition) is 0. The second-order valence-corrected chi connectivity index (χ2v) is 13.4. The summed E-state index contributed by atoms with van der Waals surface area (Å²) in [7, 11) is 0. The van der Waals surface area contributed by atoms with E-state index < -0.39 is 5.60 Å². The molecule has 1 saturated carbocycles. The number of benzene rings is 1. The molecule has 3 heterocycles. The molecule has 1 amide bonds. The lowest BCUT2D eigenvalue weighted by molar-refractivity contribution is -0.0867. The first kappa shape index (κ1) is 27.0. The summed E-state index contributed by atoms with van der Waals surface area (Å²) in [6.07, 6.45) is 6.95. The molecule has 1 aliphatic carbocycles. The summed E-state index contributed by atoms with van der Waals surface area (Å²) >= 11 is 0. The van der Waals surface area contributed by atoms with Crippen molar-refractivity contribution < 1.29 is 14.3 Å². The number of piperazine rings is 1. The van der Waals surface area contributed by atoms with Gasteiger partial charge in [0, 0.05) is 64.1 Å². The molecular weight excluding hydrogens is 462 g/mol. The standard InChI is InChI=1S/C31H49N3O3/c1-23(2)26-8-6-7-9-27(26)28-22-33(24-10-18-36-19-11-24)16-17-34(28)25-20-31(21-25)12-14-32(15-13-31)29(35)37-30(3,4)5/h6-9,23-25,28H,10-22H2,1-5H3. The van der Waals surface area contributed by atoms with Crippen molar-refractivity contribution >= 4 is 6.09 Å². The van der Waals surface area contributed by atoms with Gasteiger partial charge in [-0.05, 0) is 81.8 Å². The third-order valence-electron chi connectivity index (χ3n) is 9.42. The Morgan fingerprint density at radius 2 is 1.68 bits per heavy atom. The fourth-order valence-electron chi connectivity index (χ4n) is 7.33. The summed E-state index contributed by atoms with van der Waals surface area (Å²) in [6, 6.07) is 11.0. The Morgan fingerprint density at radius 3 is 2.32 bits per heavy atom. The molecule has 5 rings (SSSR count). The third-order valence-corrected chi connectivity index (χ3v) is 9.42. The average molecular weight is 512 g/mol. The Labute approximate surface area is 224 Å². The molecule has 0 N–H and O–H groups in total. The fourth-order valence-corrected chi connectivity index (χ4v) is 7.33. The third kappa shape index (κ3) is 6.02. The average Bonchev–Trinajstić information content (AvgIpc) is 2.86. The van der Waals surface area contributed by atoms with Gasteiger partial charge in [-0.2, -0.15) is 0 Å². The summed E-state index contributed by atoms with van der Waals surface area (Å²) < 4.78 is 11.3. The van der Waals surface area contributed by atoms with Crippen molar-refractivity contribution in [1.29, 1.82) is 0 Å². The zero-order valence-electron chi connectivity index (χ0n) is 23.9. The molecule has 1 unspecified atom stereocenters. The van der Waals surface area contributed by atoms with Crippen LogP contribution in [0.5, 0.6) is 0 Å². The highest BCUT2D eigenvalue weighted by atomic mass is 16.6. The van der Waals surface area contributed by atoms with Gasteiger partial charge in [-0.25, -0.2) is 4.79 Å². The summed E-state index contributed by atoms with van der Waals surface area (Å²) in [5.74, 6) is 0.529. The predicted molar refractivity (Wildman–Crippen MR) is 148 cm³/mol. The van der Waals surface area contributed by atoms with Crippen molar-refractivity contribution in [2.75, 3.05) is 45.9 Å². The van der Waals surface area contributed by atoms with Crippen LogP contribution >= 0.6 is 0 Å². The van der Waals surface area contributed by atoms with Crippen LogP contribution in [-0.2, 0) is 9.47 Å². The van der Waals surface area contributed by atoms with Crippen LogP contribution in [0, 0.1) is 5.41 Å². The molecule has 3 aliphatic heterocycles. The Morgan fingerprint density at radius 1 is 1.00 bits per heavy atom. The number of piperidine rings is 1. The lowest BCUT2D eigenvalue weighted by Crippen LogP contribution is -2.61. The van der Waals surface area contributed by atoms with Gasteiger partial charge < -0.3 is 14.4 Å². The topological polar surface area (TPSA) is 45.2 Å². The zero-order valence-corrected chi connectivity index (χ0v) is 23.9. The van der Waals surface area contributed by atoms with Gasteiger partial charge in [0.05, 0.1) is 0 Å². The largest absolute Gasteiger partial charge is 0.444 e. The monoisotopic (exact) mass is 511 g/mol. The fraction of sp³-hybridized carbons (Fsp3) is 0.774. The quantitative estimate of drug-likeness (QED) is 0.509. The molecule has 1 atom stereocenters. The van der Waals surface area contributed by atoms with E-state index in [9.17, 15) is 4.79 Å². The number of likely N-dealkylation sites (tertiary alicyclic amines) is 1. The minimum Gasteiger partial charge on any atom is -0.444 e. The van der Waals surface area contributed by atoms with Gasteiger partial charge in [0.2, 0.25) is 0 Å². The van der Waals surface area contributed by atoms with Crippen LogP contribution < -0.4 is 0 Å². The van der Waals surface area contributed by atoms with E-state index in [4.69, 9.17) is 9.47 Å². The van der Waals surface area contributed by atoms with Crippen LogP contribution in [0.25, 0.3) is 0 Å². The first-order valence-electron chi connectivity index (χ1n) is 14.8. The summed E-state index contributed by atoms with van der Waals surface area (Å²) in [5, 5.41) is 0. The molecule has 0 aromatic heterocycles. The second-order valence-electron chi connectivity index (χ2n) is 13.4.